The zero-order valence-electron chi connectivity index (χ0n) is 12.2. The predicted molar refractivity (Wildman–Crippen MR) is 86.0 cm³/mol. The highest BCUT2D eigenvalue weighted by atomic mass is 32.1. The first-order valence-corrected chi connectivity index (χ1v) is 7.18. The van der Waals surface area contributed by atoms with Gasteiger partial charge in [0.25, 0.3) is 0 Å². The minimum atomic E-state index is 0.481. The van der Waals surface area contributed by atoms with Gasteiger partial charge in [-0.15, -0.1) is 0 Å². The number of rotatable bonds is 2. The first kappa shape index (κ1) is 14.3. The van der Waals surface area contributed by atoms with Gasteiger partial charge >= 0.3 is 0 Å². The number of hydrogen-bond donors (Lipinski definition) is 1. The molecule has 1 aliphatic rings. The van der Waals surface area contributed by atoms with Crippen molar-refractivity contribution in [3.8, 4) is 0 Å². The highest BCUT2D eigenvalue weighted by molar-refractivity contribution is 7.80. The predicted octanol–water partition coefficient (Wildman–Crippen LogP) is 2.16. The fourth-order valence-corrected chi connectivity index (χ4v) is 2.89. The second-order valence-corrected chi connectivity index (χ2v) is 6.09. The van der Waals surface area contributed by atoms with Gasteiger partial charge in [0, 0.05) is 36.4 Å². The van der Waals surface area contributed by atoms with Crippen LogP contribution in [0.15, 0.2) is 18.2 Å². The van der Waals surface area contributed by atoms with Crippen LogP contribution in [0.2, 0.25) is 0 Å². The molecule has 1 aromatic carbocycles. The molecule has 1 saturated heterocycles. The molecule has 1 fully saturated rings. The van der Waals surface area contributed by atoms with Crippen molar-refractivity contribution >= 4 is 22.9 Å². The van der Waals surface area contributed by atoms with Gasteiger partial charge in [-0.3, -0.25) is 4.90 Å². The second-order valence-electron chi connectivity index (χ2n) is 5.65. The molecule has 0 spiro atoms. The van der Waals surface area contributed by atoms with Crippen LogP contribution in [0.4, 0.5) is 5.69 Å². The molecule has 2 N–H and O–H groups in total. The van der Waals surface area contributed by atoms with Gasteiger partial charge < -0.3 is 10.6 Å². The molecule has 4 heteroatoms. The van der Waals surface area contributed by atoms with Crippen LogP contribution in [0.25, 0.3) is 0 Å². The minimum absolute atomic E-state index is 0.481. The highest BCUT2D eigenvalue weighted by Crippen LogP contribution is 2.26. The Labute approximate surface area is 121 Å². The summed E-state index contributed by atoms with van der Waals surface area (Å²) >= 11 is 5.18. The van der Waals surface area contributed by atoms with Crippen LogP contribution in [-0.4, -0.2) is 42.1 Å². The summed E-state index contributed by atoms with van der Waals surface area (Å²) in [5.41, 5.74) is 9.28. The van der Waals surface area contributed by atoms with Crippen molar-refractivity contribution in [3.05, 3.63) is 29.3 Å². The van der Waals surface area contributed by atoms with Crippen molar-refractivity contribution in [3.63, 3.8) is 0 Å². The van der Waals surface area contributed by atoms with Crippen molar-refractivity contribution in [2.45, 2.75) is 32.9 Å². The highest BCUT2D eigenvalue weighted by Gasteiger charge is 2.27. The summed E-state index contributed by atoms with van der Waals surface area (Å²) in [6.07, 6.45) is 0. The molecule has 1 aliphatic heterocycles. The lowest BCUT2D eigenvalue weighted by molar-refractivity contribution is 0.170. The minimum Gasteiger partial charge on any atom is -0.389 e. The number of benzene rings is 1. The summed E-state index contributed by atoms with van der Waals surface area (Å²) in [7, 11) is 2.19. The summed E-state index contributed by atoms with van der Waals surface area (Å²) in [6.45, 7) is 8.66. The van der Waals surface area contributed by atoms with Crippen molar-refractivity contribution in [2.75, 3.05) is 25.0 Å². The van der Waals surface area contributed by atoms with Gasteiger partial charge in [-0.25, -0.2) is 0 Å². The smallest absolute Gasteiger partial charge is 0.106 e. The van der Waals surface area contributed by atoms with Gasteiger partial charge in [-0.05, 0) is 45.5 Å². The number of thiocarbonyl (C=S) groups is 1. The molecule has 0 saturated carbocycles. The first-order chi connectivity index (χ1) is 8.90. The maximum atomic E-state index is 5.86. The molecule has 1 heterocycles. The van der Waals surface area contributed by atoms with Crippen molar-refractivity contribution in [1.29, 1.82) is 0 Å². The Morgan fingerprint density at radius 2 is 1.84 bits per heavy atom. The number of anilines is 1. The van der Waals surface area contributed by atoms with Crippen LogP contribution in [0, 0.1) is 6.92 Å². The average molecular weight is 277 g/mol. The van der Waals surface area contributed by atoms with E-state index in [1.165, 1.54) is 11.3 Å². The summed E-state index contributed by atoms with van der Waals surface area (Å²) in [5.74, 6) is 0. The largest absolute Gasteiger partial charge is 0.389 e. The van der Waals surface area contributed by atoms with Crippen LogP contribution in [0.3, 0.4) is 0 Å². The van der Waals surface area contributed by atoms with Crippen LogP contribution < -0.4 is 10.6 Å². The molecule has 0 aliphatic carbocycles. The van der Waals surface area contributed by atoms with E-state index >= 15 is 0 Å². The van der Waals surface area contributed by atoms with E-state index in [2.05, 4.69) is 49.8 Å². The third kappa shape index (κ3) is 2.90. The fourth-order valence-electron chi connectivity index (χ4n) is 2.71. The molecule has 3 nitrogen and oxygen atoms in total. The monoisotopic (exact) mass is 277 g/mol. The zero-order valence-corrected chi connectivity index (χ0v) is 13.0. The summed E-state index contributed by atoms with van der Waals surface area (Å²) in [5, 5.41) is 0. The number of nitrogens with zero attached hydrogens (tertiary/aromatic N) is 2. The van der Waals surface area contributed by atoms with Gasteiger partial charge in [0.15, 0.2) is 0 Å². The van der Waals surface area contributed by atoms with Crippen LogP contribution in [-0.2, 0) is 0 Å². The summed E-state index contributed by atoms with van der Waals surface area (Å²) in [4.78, 5) is 5.32. The van der Waals surface area contributed by atoms with Gasteiger partial charge in [-0.1, -0.05) is 18.3 Å². The van der Waals surface area contributed by atoms with Gasteiger partial charge in [0.2, 0.25) is 0 Å². The van der Waals surface area contributed by atoms with Crippen molar-refractivity contribution < 1.29 is 0 Å². The average Bonchev–Trinajstić information content (AvgIpc) is 2.34. The van der Waals surface area contributed by atoms with Crippen LogP contribution in [0.1, 0.15) is 25.0 Å². The molecular formula is C15H23N3S. The van der Waals surface area contributed by atoms with E-state index in [9.17, 15) is 0 Å². The number of aryl methyl sites for hydroxylation is 1. The number of nitrogens with two attached hydrogens (primary N) is 1. The molecule has 104 valence electrons. The lowest BCUT2D eigenvalue weighted by Crippen LogP contribution is -2.55. The molecule has 0 bridgehead atoms. The van der Waals surface area contributed by atoms with E-state index in [-0.39, 0.29) is 0 Å². The SMILES string of the molecule is Cc1ccc(C(N)=S)c(N2CC(C)N(C)C(C)C2)c1. The number of piperazine rings is 1. The molecule has 1 aromatic rings. The maximum absolute atomic E-state index is 5.86. The molecule has 2 rings (SSSR count). The molecule has 0 radical (unpaired) electrons. The topological polar surface area (TPSA) is 32.5 Å². The Bertz CT molecular complexity index is 474. The first-order valence-electron chi connectivity index (χ1n) is 6.77. The van der Waals surface area contributed by atoms with E-state index in [0.717, 1.165) is 18.7 Å². The lowest BCUT2D eigenvalue weighted by atomic mass is 10.0. The van der Waals surface area contributed by atoms with Crippen LogP contribution >= 0.6 is 12.2 Å². The molecule has 19 heavy (non-hydrogen) atoms. The maximum Gasteiger partial charge on any atom is 0.106 e. The third-order valence-corrected chi connectivity index (χ3v) is 4.34. The standard InChI is InChI=1S/C15H23N3S/c1-10-5-6-13(15(16)19)14(7-10)18-8-11(2)17(4)12(3)9-18/h5-7,11-12H,8-9H2,1-4H3,(H2,16,19). The van der Waals surface area contributed by atoms with Crippen molar-refractivity contribution in [1.82, 2.24) is 4.90 Å². The lowest BCUT2D eigenvalue weighted by Gasteiger charge is -2.44. The van der Waals surface area contributed by atoms with Gasteiger partial charge in [-0.2, -0.15) is 0 Å². The van der Waals surface area contributed by atoms with Crippen molar-refractivity contribution in [2.24, 2.45) is 5.73 Å². The Morgan fingerprint density at radius 3 is 2.37 bits per heavy atom. The molecule has 0 amide bonds. The second kappa shape index (κ2) is 5.47. The van der Waals surface area contributed by atoms with E-state index < -0.39 is 0 Å². The molecule has 2 unspecified atom stereocenters. The number of hydrogen-bond acceptors (Lipinski definition) is 3. The normalized spacial score (nSPS) is 24.5. The summed E-state index contributed by atoms with van der Waals surface area (Å²) in [6, 6.07) is 7.37. The molecule has 2 atom stereocenters. The Balaban J connectivity index is 2.36. The van der Waals surface area contributed by atoms with Crippen LogP contribution in [0.5, 0.6) is 0 Å². The Morgan fingerprint density at radius 1 is 1.26 bits per heavy atom. The molecular weight excluding hydrogens is 254 g/mol. The fraction of sp³-hybridized carbons (Fsp3) is 0.533. The zero-order chi connectivity index (χ0) is 14.2. The third-order valence-electron chi connectivity index (χ3n) is 4.12. The van der Waals surface area contributed by atoms with E-state index in [0.29, 0.717) is 17.1 Å². The molecule has 0 aromatic heterocycles. The Kier molecular flexibility index (Phi) is 4.11. The van der Waals surface area contributed by atoms with E-state index in [1.54, 1.807) is 0 Å². The number of likely N-dealkylation sites (N-methyl/N-ethyl adjacent to an activating group) is 1. The van der Waals surface area contributed by atoms with Gasteiger partial charge in [0.1, 0.15) is 4.99 Å². The van der Waals surface area contributed by atoms with E-state index in [4.69, 9.17) is 18.0 Å². The Hall–Kier alpha value is -1.13. The van der Waals surface area contributed by atoms with Gasteiger partial charge in [0.05, 0.1) is 0 Å². The quantitative estimate of drug-likeness (QED) is 0.840. The van der Waals surface area contributed by atoms with E-state index in [1.807, 2.05) is 6.07 Å². The summed E-state index contributed by atoms with van der Waals surface area (Å²) < 4.78 is 0.